The van der Waals surface area contributed by atoms with Gasteiger partial charge in [0.2, 0.25) is 17.7 Å². The van der Waals surface area contributed by atoms with Gasteiger partial charge in [0.1, 0.15) is 6.04 Å². The number of piperidine rings is 1. The lowest BCUT2D eigenvalue weighted by molar-refractivity contribution is -0.137. The van der Waals surface area contributed by atoms with Crippen molar-refractivity contribution in [2.75, 3.05) is 6.54 Å². The standard InChI is InChI=1S/C14H23N3O3/c15-9-14(6-2-1-3-7-14)8-12(19)16-10-4-5-11(18)17-13(10)20/h10H,1-9,15H2,(H,16,19)(H,17,18,20). The number of carbonyl (C=O) groups excluding carboxylic acids is 3. The number of hydrogen-bond donors (Lipinski definition) is 3. The van der Waals surface area contributed by atoms with E-state index in [1.165, 1.54) is 6.42 Å². The van der Waals surface area contributed by atoms with Crippen LogP contribution in [0.3, 0.4) is 0 Å². The molecule has 1 saturated carbocycles. The maximum atomic E-state index is 12.1. The molecular formula is C14H23N3O3. The first-order valence-corrected chi connectivity index (χ1v) is 7.38. The predicted molar refractivity (Wildman–Crippen MR) is 73.5 cm³/mol. The van der Waals surface area contributed by atoms with Gasteiger partial charge in [0.25, 0.3) is 0 Å². The van der Waals surface area contributed by atoms with Crippen LogP contribution in [0.5, 0.6) is 0 Å². The van der Waals surface area contributed by atoms with Crippen LogP contribution in [0, 0.1) is 5.41 Å². The summed E-state index contributed by atoms with van der Waals surface area (Å²) >= 11 is 0. The number of carbonyl (C=O) groups is 3. The van der Waals surface area contributed by atoms with Crippen molar-refractivity contribution in [2.45, 2.75) is 57.4 Å². The average molecular weight is 281 g/mol. The summed E-state index contributed by atoms with van der Waals surface area (Å²) in [6.07, 6.45) is 6.42. The second-order valence-electron chi connectivity index (χ2n) is 6.01. The van der Waals surface area contributed by atoms with Gasteiger partial charge in [0, 0.05) is 12.8 Å². The summed E-state index contributed by atoms with van der Waals surface area (Å²) < 4.78 is 0. The zero-order valence-corrected chi connectivity index (χ0v) is 11.7. The van der Waals surface area contributed by atoms with Crippen LogP contribution in [-0.4, -0.2) is 30.3 Å². The van der Waals surface area contributed by atoms with Crippen molar-refractivity contribution in [3.05, 3.63) is 0 Å². The SMILES string of the molecule is NCC1(CC(=O)NC2CCC(=O)NC2=O)CCCCC1. The molecule has 2 fully saturated rings. The molecule has 0 aromatic carbocycles. The lowest BCUT2D eigenvalue weighted by atomic mass is 9.71. The highest BCUT2D eigenvalue weighted by molar-refractivity contribution is 6.01. The highest BCUT2D eigenvalue weighted by Gasteiger charge is 2.35. The second kappa shape index (κ2) is 6.35. The fourth-order valence-corrected chi connectivity index (χ4v) is 3.17. The van der Waals surface area contributed by atoms with Gasteiger partial charge in [-0.25, -0.2) is 0 Å². The van der Waals surface area contributed by atoms with Crippen molar-refractivity contribution in [3.8, 4) is 0 Å². The minimum atomic E-state index is -0.585. The van der Waals surface area contributed by atoms with Crippen molar-refractivity contribution < 1.29 is 14.4 Å². The van der Waals surface area contributed by atoms with Crippen LogP contribution in [0.2, 0.25) is 0 Å². The van der Waals surface area contributed by atoms with Crippen molar-refractivity contribution in [1.29, 1.82) is 0 Å². The van der Waals surface area contributed by atoms with Gasteiger partial charge < -0.3 is 11.1 Å². The summed E-state index contributed by atoms with van der Waals surface area (Å²) in [5.74, 6) is -0.807. The lowest BCUT2D eigenvalue weighted by Crippen LogP contribution is -2.53. The molecule has 0 spiro atoms. The molecule has 0 aromatic rings. The van der Waals surface area contributed by atoms with Gasteiger partial charge in [-0.2, -0.15) is 0 Å². The Labute approximate surface area is 118 Å². The monoisotopic (exact) mass is 281 g/mol. The quantitative estimate of drug-likeness (QED) is 0.641. The molecule has 1 heterocycles. The fourth-order valence-electron chi connectivity index (χ4n) is 3.17. The molecule has 1 aliphatic heterocycles. The molecule has 0 aromatic heterocycles. The van der Waals surface area contributed by atoms with Gasteiger partial charge in [-0.15, -0.1) is 0 Å². The van der Waals surface area contributed by atoms with E-state index in [9.17, 15) is 14.4 Å². The number of amides is 3. The van der Waals surface area contributed by atoms with Gasteiger partial charge in [0.05, 0.1) is 0 Å². The van der Waals surface area contributed by atoms with Crippen LogP contribution in [0.1, 0.15) is 51.4 Å². The average Bonchev–Trinajstić information content (AvgIpc) is 2.43. The number of hydrogen-bond acceptors (Lipinski definition) is 4. The van der Waals surface area contributed by atoms with E-state index in [4.69, 9.17) is 5.73 Å². The molecule has 1 aliphatic carbocycles. The highest BCUT2D eigenvalue weighted by atomic mass is 16.2. The van der Waals surface area contributed by atoms with E-state index in [1.54, 1.807) is 0 Å². The van der Waals surface area contributed by atoms with E-state index in [0.717, 1.165) is 25.7 Å². The summed E-state index contributed by atoms with van der Waals surface area (Å²) in [5.41, 5.74) is 5.75. The molecular weight excluding hydrogens is 258 g/mol. The first kappa shape index (κ1) is 15.0. The summed E-state index contributed by atoms with van der Waals surface area (Å²) in [6.45, 7) is 0.510. The smallest absolute Gasteiger partial charge is 0.249 e. The Hall–Kier alpha value is -1.43. The van der Waals surface area contributed by atoms with E-state index in [2.05, 4.69) is 10.6 Å². The Morgan fingerprint density at radius 2 is 2.00 bits per heavy atom. The molecule has 6 nitrogen and oxygen atoms in total. The molecule has 6 heteroatoms. The lowest BCUT2D eigenvalue weighted by Gasteiger charge is -2.36. The van der Waals surface area contributed by atoms with E-state index in [0.29, 0.717) is 19.4 Å². The zero-order chi connectivity index (χ0) is 14.6. The predicted octanol–water partition coefficient (Wildman–Crippen LogP) is 0.207. The number of imide groups is 1. The first-order chi connectivity index (χ1) is 9.54. The highest BCUT2D eigenvalue weighted by Crippen LogP contribution is 2.38. The van der Waals surface area contributed by atoms with Crippen molar-refractivity contribution >= 4 is 17.7 Å². The van der Waals surface area contributed by atoms with Crippen LogP contribution in [0.15, 0.2) is 0 Å². The van der Waals surface area contributed by atoms with Crippen molar-refractivity contribution in [3.63, 3.8) is 0 Å². The Bertz CT molecular complexity index is 402. The van der Waals surface area contributed by atoms with E-state index in [-0.39, 0.29) is 23.7 Å². The summed E-state index contributed by atoms with van der Waals surface area (Å²) in [5, 5.41) is 4.98. The molecule has 1 saturated heterocycles. The molecule has 2 aliphatic rings. The van der Waals surface area contributed by atoms with E-state index in [1.807, 2.05) is 0 Å². The summed E-state index contributed by atoms with van der Waals surface area (Å²) in [7, 11) is 0. The molecule has 0 radical (unpaired) electrons. The molecule has 2 rings (SSSR count). The largest absolute Gasteiger partial charge is 0.344 e. The van der Waals surface area contributed by atoms with Gasteiger partial charge in [-0.1, -0.05) is 19.3 Å². The van der Waals surface area contributed by atoms with Crippen LogP contribution in [0.25, 0.3) is 0 Å². The minimum absolute atomic E-state index is 0.108. The Kier molecular flexibility index (Phi) is 4.75. The minimum Gasteiger partial charge on any atom is -0.344 e. The topological polar surface area (TPSA) is 101 Å². The third-order valence-corrected chi connectivity index (χ3v) is 4.46. The fraction of sp³-hybridized carbons (Fsp3) is 0.786. The van der Waals surface area contributed by atoms with E-state index < -0.39 is 11.9 Å². The maximum Gasteiger partial charge on any atom is 0.249 e. The first-order valence-electron chi connectivity index (χ1n) is 7.38. The summed E-state index contributed by atoms with van der Waals surface area (Å²) in [6, 6.07) is -0.585. The number of rotatable bonds is 4. The van der Waals surface area contributed by atoms with Gasteiger partial charge in [-0.05, 0) is 31.2 Å². The van der Waals surface area contributed by atoms with Crippen molar-refractivity contribution in [2.24, 2.45) is 11.1 Å². The molecule has 4 N–H and O–H groups in total. The van der Waals surface area contributed by atoms with E-state index >= 15 is 0 Å². The van der Waals surface area contributed by atoms with Gasteiger partial charge >= 0.3 is 0 Å². The Balaban J connectivity index is 1.88. The maximum absolute atomic E-state index is 12.1. The Morgan fingerprint density at radius 1 is 1.30 bits per heavy atom. The van der Waals surface area contributed by atoms with Crippen LogP contribution < -0.4 is 16.4 Å². The number of nitrogens with one attached hydrogen (secondary N) is 2. The van der Waals surface area contributed by atoms with Crippen molar-refractivity contribution in [1.82, 2.24) is 10.6 Å². The van der Waals surface area contributed by atoms with Crippen LogP contribution in [0.4, 0.5) is 0 Å². The van der Waals surface area contributed by atoms with Crippen LogP contribution >= 0.6 is 0 Å². The molecule has 1 atom stereocenters. The zero-order valence-electron chi connectivity index (χ0n) is 11.7. The van der Waals surface area contributed by atoms with Gasteiger partial charge in [-0.3, -0.25) is 19.7 Å². The Morgan fingerprint density at radius 3 is 2.60 bits per heavy atom. The molecule has 112 valence electrons. The third kappa shape index (κ3) is 3.56. The molecule has 3 amide bonds. The number of nitrogens with two attached hydrogens (primary N) is 1. The summed E-state index contributed by atoms with van der Waals surface area (Å²) in [4.78, 5) is 34.8. The third-order valence-electron chi connectivity index (χ3n) is 4.46. The molecule has 0 bridgehead atoms. The molecule has 1 unspecified atom stereocenters. The van der Waals surface area contributed by atoms with Gasteiger partial charge in [0.15, 0.2) is 0 Å². The van der Waals surface area contributed by atoms with Crippen LogP contribution in [-0.2, 0) is 14.4 Å². The molecule has 20 heavy (non-hydrogen) atoms. The normalized spacial score (nSPS) is 25.9. The second-order valence-corrected chi connectivity index (χ2v) is 6.01.